The van der Waals surface area contributed by atoms with Crippen molar-refractivity contribution in [2.75, 3.05) is 19.8 Å². The van der Waals surface area contributed by atoms with E-state index in [1.165, 1.54) is 0 Å². The Morgan fingerprint density at radius 2 is 1.83 bits per heavy atom. The molecule has 12 heavy (non-hydrogen) atoms. The van der Waals surface area contributed by atoms with Crippen LogP contribution in [0.2, 0.25) is 0 Å². The Morgan fingerprint density at radius 3 is 2.25 bits per heavy atom. The van der Waals surface area contributed by atoms with Gasteiger partial charge in [0.1, 0.15) is 0 Å². The normalized spacial score (nSPS) is 20.2. The summed E-state index contributed by atoms with van der Waals surface area (Å²) in [4.78, 5) is 21.7. The Kier molecular flexibility index (Phi) is 3.50. The summed E-state index contributed by atoms with van der Waals surface area (Å²) in [5, 5.41) is 2.59. The van der Waals surface area contributed by atoms with Crippen LogP contribution in [0.4, 0.5) is 0 Å². The second-order valence-corrected chi connectivity index (χ2v) is 3.25. The fourth-order valence-electron chi connectivity index (χ4n) is 0.731. The zero-order valence-electron chi connectivity index (χ0n) is 6.62. The van der Waals surface area contributed by atoms with Gasteiger partial charge in [-0.3, -0.25) is 14.9 Å². The monoisotopic (exact) mass is 189 g/mol. The third-order valence-corrected chi connectivity index (χ3v) is 1.96. The molecule has 0 bridgehead atoms. The second kappa shape index (κ2) is 4.43. The number of carbonyl (C=O) groups excluding carboxylic acids is 2. The Hall–Kier alpha value is -0.605. The van der Waals surface area contributed by atoms with Crippen molar-refractivity contribution in [1.29, 1.82) is 0 Å². The van der Waals surface area contributed by atoms with Gasteiger partial charge < -0.3 is 9.31 Å². The van der Waals surface area contributed by atoms with E-state index in [1.807, 2.05) is 0 Å². The summed E-state index contributed by atoms with van der Waals surface area (Å²) in [5.74, 6) is -0.774. The topological polar surface area (TPSA) is 64.6 Å². The Labute approximate surface area is 72.1 Å². The molecule has 0 spiro atoms. The standard InChI is InChI=1S/C5H9BNO4P/c1-12-6-10-4(8)2-7-3-5(9)11-6/h7,12H,2-3H2,1H3. The molecule has 7 heteroatoms. The van der Waals surface area contributed by atoms with E-state index in [4.69, 9.17) is 9.31 Å². The van der Waals surface area contributed by atoms with Crippen LogP contribution < -0.4 is 5.32 Å². The molecule has 5 nitrogen and oxygen atoms in total. The highest BCUT2D eigenvalue weighted by molar-refractivity contribution is 7.73. The number of hydrogen-bond acceptors (Lipinski definition) is 5. The lowest BCUT2D eigenvalue weighted by molar-refractivity contribution is -0.141. The van der Waals surface area contributed by atoms with Gasteiger partial charge in [0.2, 0.25) is 0 Å². The highest BCUT2D eigenvalue weighted by Gasteiger charge is 2.27. The van der Waals surface area contributed by atoms with Crippen LogP contribution in [0, 0.1) is 0 Å². The van der Waals surface area contributed by atoms with E-state index in [2.05, 4.69) is 5.32 Å². The molecule has 1 aliphatic rings. The molecule has 1 unspecified atom stereocenters. The summed E-state index contributed by atoms with van der Waals surface area (Å²) in [6, 6.07) is 0. The molecule has 1 aliphatic heterocycles. The van der Waals surface area contributed by atoms with Gasteiger partial charge in [0.15, 0.2) is 0 Å². The highest BCUT2D eigenvalue weighted by Crippen LogP contribution is 2.12. The molecule has 1 fully saturated rings. The van der Waals surface area contributed by atoms with E-state index in [1.54, 1.807) is 6.66 Å². The third-order valence-electron chi connectivity index (χ3n) is 1.25. The molecule has 0 radical (unpaired) electrons. The lowest BCUT2D eigenvalue weighted by atomic mass is 10.3. The molecule has 1 atom stereocenters. The Bertz CT molecular complexity index is 182. The first-order chi connectivity index (χ1) is 5.72. The van der Waals surface area contributed by atoms with Crippen molar-refractivity contribution in [3.63, 3.8) is 0 Å². The van der Waals surface area contributed by atoms with Crippen molar-refractivity contribution < 1.29 is 18.9 Å². The summed E-state index contributed by atoms with van der Waals surface area (Å²) in [6.07, 6.45) is 0. The van der Waals surface area contributed by atoms with Crippen LogP contribution in [-0.2, 0) is 18.9 Å². The molecule has 66 valence electrons. The smallest absolute Gasteiger partial charge is 0.495 e. The quantitative estimate of drug-likeness (QED) is 0.422. The first-order valence-corrected chi connectivity index (χ1v) is 5.07. The number of hydrogen-bond donors (Lipinski definition) is 1. The Morgan fingerprint density at radius 1 is 1.33 bits per heavy atom. The van der Waals surface area contributed by atoms with E-state index in [-0.39, 0.29) is 33.5 Å². The molecule has 1 N–H and O–H groups in total. The average Bonchev–Trinajstić information content (AvgIpc) is 2.00. The third kappa shape index (κ3) is 2.79. The van der Waals surface area contributed by atoms with Crippen LogP contribution in [0.1, 0.15) is 0 Å². The SMILES string of the molecule is CPB1OC(=O)CNCC(=O)O1. The fourth-order valence-corrected chi connectivity index (χ4v) is 1.23. The van der Waals surface area contributed by atoms with E-state index in [9.17, 15) is 9.59 Å². The largest absolute Gasteiger partial charge is 0.621 e. The van der Waals surface area contributed by atoms with Gasteiger partial charge in [0, 0.05) is 0 Å². The van der Waals surface area contributed by atoms with Crippen LogP contribution in [0.25, 0.3) is 0 Å². The van der Waals surface area contributed by atoms with E-state index < -0.39 is 6.84 Å². The van der Waals surface area contributed by atoms with Gasteiger partial charge in [-0.1, -0.05) is 8.46 Å². The minimum absolute atomic E-state index is 0.0656. The first kappa shape index (κ1) is 9.48. The average molecular weight is 189 g/mol. The van der Waals surface area contributed by atoms with Crippen LogP contribution in [-0.4, -0.2) is 38.5 Å². The van der Waals surface area contributed by atoms with Crippen molar-refractivity contribution in [2.24, 2.45) is 0 Å². The van der Waals surface area contributed by atoms with Gasteiger partial charge in [-0.15, -0.1) is 0 Å². The van der Waals surface area contributed by atoms with Crippen molar-refractivity contribution >= 4 is 27.2 Å². The summed E-state index contributed by atoms with van der Waals surface area (Å²) in [5.41, 5.74) is 0. The molecule has 1 saturated heterocycles. The van der Waals surface area contributed by atoms with Crippen LogP contribution in [0.3, 0.4) is 0 Å². The number of nitrogens with one attached hydrogen (secondary N) is 1. The molecule has 0 aliphatic carbocycles. The first-order valence-electron chi connectivity index (χ1n) is 3.49. The summed E-state index contributed by atoms with van der Waals surface area (Å²) < 4.78 is 9.56. The van der Waals surface area contributed by atoms with Gasteiger partial charge in [-0.2, -0.15) is 0 Å². The Balaban J connectivity index is 2.50. The predicted octanol–water partition coefficient (Wildman–Crippen LogP) is -1.03. The molecule has 0 aromatic rings. The molecule has 0 saturated carbocycles. The van der Waals surface area contributed by atoms with Gasteiger partial charge in [-0.05, 0) is 6.66 Å². The predicted molar refractivity (Wildman–Crippen MR) is 45.0 cm³/mol. The molecule has 0 aromatic carbocycles. The lowest BCUT2D eigenvalue weighted by Gasteiger charge is -2.16. The minimum atomic E-state index is -0.688. The molecular weight excluding hydrogens is 180 g/mol. The number of carbonyl (C=O) groups is 2. The van der Waals surface area contributed by atoms with Crippen molar-refractivity contribution in [3.05, 3.63) is 0 Å². The maximum Gasteiger partial charge on any atom is 0.621 e. The van der Waals surface area contributed by atoms with Crippen LogP contribution in [0.15, 0.2) is 0 Å². The lowest BCUT2D eigenvalue weighted by Crippen LogP contribution is -2.39. The van der Waals surface area contributed by atoms with Crippen LogP contribution >= 0.6 is 8.46 Å². The zero-order valence-corrected chi connectivity index (χ0v) is 7.62. The summed E-state index contributed by atoms with van der Waals surface area (Å²) >= 11 is 0. The fraction of sp³-hybridized carbons (Fsp3) is 0.600. The molecule has 0 amide bonds. The minimum Gasteiger partial charge on any atom is -0.495 e. The van der Waals surface area contributed by atoms with Crippen molar-refractivity contribution in [1.82, 2.24) is 5.32 Å². The van der Waals surface area contributed by atoms with Gasteiger partial charge in [-0.25, -0.2) is 0 Å². The van der Waals surface area contributed by atoms with Gasteiger partial charge in [0.25, 0.3) is 0 Å². The van der Waals surface area contributed by atoms with Crippen molar-refractivity contribution in [2.45, 2.75) is 0 Å². The van der Waals surface area contributed by atoms with Gasteiger partial charge in [0.05, 0.1) is 13.1 Å². The van der Waals surface area contributed by atoms with E-state index in [0.29, 0.717) is 0 Å². The summed E-state index contributed by atoms with van der Waals surface area (Å²) in [6.45, 7) is 1.25. The molecule has 1 heterocycles. The summed E-state index contributed by atoms with van der Waals surface area (Å²) in [7, 11) is 0.257. The maximum atomic E-state index is 10.8. The van der Waals surface area contributed by atoms with Crippen LogP contribution in [0.5, 0.6) is 0 Å². The molecule has 1 rings (SSSR count). The molecular formula is C5H9BNO4P. The van der Waals surface area contributed by atoms with Crippen molar-refractivity contribution in [3.8, 4) is 0 Å². The maximum absolute atomic E-state index is 10.8. The zero-order chi connectivity index (χ0) is 8.97. The number of rotatable bonds is 1. The van der Waals surface area contributed by atoms with E-state index >= 15 is 0 Å². The second-order valence-electron chi connectivity index (χ2n) is 2.20. The van der Waals surface area contributed by atoms with Gasteiger partial charge >= 0.3 is 18.8 Å². The molecule has 0 aromatic heterocycles. The van der Waals surface area contributed by atoms with E-state index in [0.717, 1.165) is 0 Å². The highest BCUT2D eigenvalue weighted by atomic mass is 31.1.